The first kappa shape index (κ1) is 17.0. The maximum Gasteiger partial charge on any atom is 0.181 e. The first-order valence-corrected chi connectivity index (χ1v) is 10.1. The molecule has 4 nitrogen and oxygen atoms in total. The van der Waals surface area contributed by atoms with Crippen molar-refractivity contribution in [2.45, 2.75) is 52.0 Å². The Kier molecular flexibility index (Phi) is 3.92. The van der Waals surface area contributed by atoms with E-state index in [2.05, 4.69) is 43.6 Å². The Hall–Kier alpha value is -1.46. The van der Waals surface area contributed by atoms with E-state index < -0.39 is 0 Å². The number of nitrogens with zero attached hydrogens (tertiary/aromatic N) is 2. The lowest BCUT2D eigenvalue weighted by Gasteiger charge is -2.46. The quantitative estimate of drug-likeness (QED) is 0.895. The summed E-state index contributed by atoms with van der Waals surface area (Å²) in [5.41, 5.74) is 8.73. The van der Waals surface area contributed by atoms with Crippen LogP contribution in [0.1, 0.15) is 56.5 Å². The third-order valence-corrected chi connectivity index (χ3v) is 7.22. The number of nitrogen functional groups attached to an aromatic ring is 1. The molecule has 5 heteroatoms. The Labute approximate surface area is 153 Å². The molecule has 1 aromatic heterocycles. The molecule has 2 atom stereocenters. The highest BCUT2D eigenvalue weighted by molar-refractivity contribution is 7.22. The number of aromatic nitrogens is 1. The fourth-order valence-electron chi connectivity index (χ4n) is 4.31. The van der Waals surface area contributed by atoms with Crippen molar-refractivity contribution in [1.29, 1.82) is 0 Å². The molecule has 0 bridgehead atoms. The van der Waals surface area contributed by atoms with Gasteiger partial charge >= 0.3 is 0 Å². The minimum Gasteiger partial charge on any atom is -0.375 e. The number of ketones is 1. The SMILES string of the molecule is CCN(CC1CC1)C1C(=O)c2cc3sc(N)nc3cc2C(C)(C)[C@H]1C. The van der Waals surface area contributed by atoms with Gasteiger partial charge in [0.05, 0.1) is 16.3 Å². The number of anilines is 1. The van der Waals surface area contributed by atoms with Crippen LogP contribution in [-0.2, 0) is 5.41 Å². The van der Waals surface area contributed by atoms with E-state index in [1.54, 1.807) is 0 Å². The van der Waals surface area contributed by atoms with Crippen molar-refractivity contribution >= 4 is 32.5 Å². The van der Waals surface area contributed by atoms with Crippen LogP contribution in [0.4, 0.5) is 5.13 Å². The molecule has 4 rings (SSSR count). The van der Waals surface area contributed by atoms with E-state index in [0.29, 0.717) is 5.13 Å². The molecule has 1 fully saturated rings. The van der Waals surface area contributed by atoms with Crippen LogP contribution >= 0.6 is 11.3 Å². The van der Waals surface area contributed by atoms with Gasteiger partial charge in [-0.3, -0.25) is 9.69 Å². The molecule has 1 heterocycles. The van der Waals surface area contributed by atoms with Gasteiger partial charge in [0.2, 0.25) is 0 Å². The van der Waals surface area contributed by atoms with E-state index in [1.807, 2.05) is 6.07 Å². The number of hydrogen-bond donors (Lipinski definition) is 1. The van der Waals surface area contributed by atoms with Gasteiger partial charge in [0, 0.05) is 12.1 Å². The molecule has 1 saturated carbocycles. The van der Waals surface area contributed by atoms with E-state index in [0.717, 1.165) is 40.4 Å². The normalized spacial score (nSPS) is 25.6. The molecule has 0 spiro atoms. The highest BCUT2D eigenvalue weighted by Gasteiger charge is 2.47. The highest BCUT2D eigenvalue weighted by Crippen LogP contribution is 2.45. The number of benzene rings is 1. The van der Waals surface area contributed by atoms with Crippen molar-refractivity contribution in [3.63, 3.8) is 0 Å². The first-order valence-electron chi connectivity index (χ1n) is 9.31. The Bertz CT molecular complexity index is 837. The topological polar surface area (TPSA) is 59.2 Å². The Morgan fingerprint density at radius 3 is 2.72 bits per heavy atom. The molecule has 0 amide bonds. The maximum atomic E-state index is 13.5. The van der Waals surface area contributed by atoms with Crippen molar-refractivity contribution in [2.24, 2.45) is 11.8 Å². The predicted octanol–water partition coefficient (Wildman–Crippen LogP) is 4.09. The van der Waals surface area contributed by atoms with Crippen molar-refractivity contribution < 1.29 is 4.79 Å². The predicted molar refractivity (Wildman–Crippen MR) is 104 cm³/mol. The largest absolute Gasteiger partial charge is 0.375 e. The molecule has 0 radical (unpaired) electrons. The number of likely N-dealkylation sites (N-methyl/N-ethyl adjacent to an activating group) is 1. The van der Waals surface area contributed by atoms with E-state index in [4.69, 9.17) is 5.73 Å². The molecule has 2 N–H and O–H groups in total. The lowest BCUT2D eigenvalue weighted by atomic mass is 9.63. The van der Waals surface area contributed by atoms with Crippen LogP contribution in [0.5, 0.6) is 0 Å². The number of carbonyl (C=O) groups is 1. The number of rotatable bonds is 4. The Morgan fingerprint density at radius 2 is 2.08 bits per heavy atom. The average Bonchev–Trinajstić information content (AvgIpc) is 3.30. The second kappa shape index (κ2) is 5.78. The molecule has 0 saturated heterocycles. The molecule has 0 aliphatic heterocycles. The smallest absolute Gasteiger partial charge is 0.181 e. The van der Waals surface area contributed by atoms with Crippen molar-refractivity contribution in [2.75, 3.05) is 18.8 Å². The van der Waals surface area contributed by atoms with Crippen LogP contribution in [0, 0.1) is 11.8 Å². The zero-order valence-corrected chi connectivity index (χ0v) is 16.3. The molecule has 134 valence electrons. The van der Waals surface area contributed by atoms with Crippen LogP contribution in [0.25, 0.3) is 10.2 Å². The molecule has 1 aromatic carbocycles. The number of fused-ring (bicyclic) bond motifs is 2. The van der Waals surface area contributed by atoms with Gasteiger partial charge in [0.25, 0.3) is 0 Å². The van der Waals surface area contributed by atoms with E-state index >= 15 is 0 Å². The minimum absolute atomic E-state index is 0.0316. The molecule has 2 aliphatic rings. The van der Waals surface area contributed by atoms with Gasteiger partial charge < -0.3 is 5.73 Å². The van der Waals surface area contributed by atoms with Gasteiger partial charge in [-0.15, -0.1) is 0 Å². The molecule has 25 heavy (non-hydrogen) atoms. The van der Waals surface area contributed by atoms with Gasteiger partial charge in [-0.25, -0.2) is 4.98 Å². The van der Waals surface area contributed by atoms with Gasteiger partial charge in [0.15, 0.2) is 10.9 Å². The summed E-state index contributed by atoms with van der Waals surface area (Å²) in [5.74, 6) is 1.33. The molecule has 2 aromatic rings. The summed E-state index contributed by atoms with van der Waals surface area (Å²) in [5, 5.41) is 0.566. The van der Waals surface area contributed by atoms with Crippen molar-refractivity contribution in [3.05, 3.63) is 23.3 Å². The zero-order chi connectivity index (χ0) is 17.9. The molecular formula is C20H27N3OS. The summed E-state index contributed by atoms with van der Waals surface area (Å²) < 4.78 is 1.01. The van der Waals surface area contributed by atoms with E-state index in [-0.39, 0.29) is 23.2 Å². The average molecular weight is 358 g/mol. The van der Waals surface area contributed by atoms with Gasteiger partial charge in [0.1, 0.15) is 0 Å². The van der Waals surface area contributed by atoms with Crippen molar-refractivity contribution in [3.8, 4) is 0 Å². The number of Topliss-reactive ketones (excluding diaryl/α,β-unsaturated/α-hetero) is 1. The summed E-state index contributed by atoms with van der Waals surface area (Å²) in [6.45, 7) is 10.9. The third-order valence-electron chi connectivity index (χ3n) is 6.37. The monoisotopic (exact) mass is 357 g/mol. The first-order chi connectivity index (χ1) is 11.8. The Balaban J connectivity index is 1.83. The minimum atomic E-state index is -0.0720. The molecule has 2 aliphatic carbocycles. The van der Waals surface area contributed by atoms with E-state index in [9.17, 15) is 4.79 Å². The summed E-state index contributed by atoms with van der Waals surface area (Å²) in [4.78, 5) is 20.3. The Morgan fingerprint density at radius 1 is 1.36 bits per heavy atom. The standard InChI is InChI=1S/C20H27N3OS/c1-5-23(10-12-6-7-12)17-11(2)20(3,4)14-9-15-16(25-19(21)22-15)8-13(14)18(17)24/h8-9,11-12,17H,5-7,10H2,1-4H3,(H2,21,22)/t11-,17?/m0/s1. The van der Waals surface area contributed by atoms with Crippen LogP contribution in [0.2, 0.25) is 0 Å². The van der Waals surface area contributed by atoms with Crippen LogP contribution < -0.4 is 5.73 Å². The summed E-state index contributed by atoms with van der Waals surface area (Å²) in [6.07, 6.45) is 2.62. The van der Waals surface area contributed by atoms with Gasteiger partial charge in [-0.2, -0.15) is 0 Å². The number of hydrogen-bond acceptors (Lipinski definition) is 5. The number of thiazole rings is 1. The lowest BCUT2D eigenvalue weighted by Crippen LogP contribution is -2.55. The van der Waals surface area contributed by atoms with Gasteiger partial charge in [-0.1, -0.05) is 39.0 Å². The van der Waals surface area contributed by atoms with Crippen LogP contribution in [0.15, 0.2) is 12.1 Å². The summed E-state index contributed by atoms with van der Waals surface area (Å²) in [7, 11) is 0. The summed E-state index contributed by atoms with van der Waals surface area (Å²) >= 11 is 1.46. The number of carbonyl (C=O) groups excluding carboxylic acids is 1. The lowest BCUT2D eigenvalue weighted by molar-refractivity contribution is 0.0595. The van der Waals surface area contributed by atoms with Crippen molar-refractivity contribution in [1.82, 2.24) is 9.88 Å². The van der Waals surface area contributed by atoms with Gasteiger partial charge in [-0.05, 0) is 54.3 Å². The summed E-state index contributed by atoms with van der Waals surface area (Å²) in [6, 6.07) is 4.10. The molecule has 1 unspecified atom stereocenters. The van der Waals surface area contributed by atoms with E-state index in [1.165, 1.54) is 24.2 Å². The van der Waals surface area contributed by atoms with Crippen LogP contribution in [0.3, 0.4) is 0 Å². The number of nitrogens with two attached hydrogens (primary N) is 1. The second-order valence-electron chi connectivity index (χ2n) is 8.27. The van der Waals surface area contributed by atoms with Crippen LogP contribution in [-0.4, -0.2) is 34.8 Å². The fourth-order valence-corrected chi connectivity index (χ4v) is 5.06. The highest BCUT2D eigenvalue weighted by atomic mass is 32.1. The second-order valence-corrected chi connectivity index (χ2v) is 9.33. The third kappa shape index (κ3) is 2.68. The molecular weight excluding hydrogens is 330 g/mol. The zero-order valence-electron chi connectivity index (χ0n) is 15.5. The maximum absolute atomic E-state index is 13.5. The fraction of sp³-hybridized carbons (Fsp3) is 0.600.